The van der Waals surface area contributed by atoms with Crippen molar-refractivity contribution in [2.75, 3.05) is 12.4 Å². The lowest BCUT2D eigenvalue weighted by molar-refractivity contribution is -0.122. The van der Waals surface area contributed by atoms with Gasteiger partial charge >= 0.3 is 0 Å². The van der Waals surface area contributed by atoms with Gasteiger partial charge in [0, 0.05) is 13.0 Å². The van der Waals surface area contributed by atoms with Crippen LogP contribution in [-0.4, -0.2) is 29.7 Å². The summed E-state index contributed by atoms with van der Waals surface area (Å²) in [6, 6.07) is 4.96. The molecule has 5 heteroatoms. The third-order valence-corrected chi connectivity index (χ3v) is 3.85. The minimum Gasteiger partial charge on any atom is -0.325 e. The second-order valence-corrected chi connectivity index (χ2v) is 5.01. The van der Waals surface area contributed by atoms with Gasteiger partial charge in [-0.25, -0.2) is 0 Å². The smallest absolute Gasteiger partial charge is 0.263 e. The van der Waals surface area contributed by atoms with Crippen molar-refractivity contribution in [3.05, 3.63) is 29.3 Å². The van der Waals surface area contributed by atoms with Gasteiger partial charge in [-0.05, 0) is 25.0 Å². The molecule has 1 aromatic carbocycles. The first-order valence-corrected chi connectivity index (χ1v) is 6.36. The summed E-state index contributed by atoms with van der Waals surface area (Å²) in [5.41, 5.74) is 1.11. The van der Waals surface area contributed by atoms with Gasteiger partial charge in [-0.2, -0.15) is 0 Å². The van der Waals surface area contributed by atoms with Crippen molar-refractivity contribution in [2.45, 2.75) is 19.3 Å². The molecule has 0 saturated heterocycles. The molecule has 0 atom stereocenters. The van der Waals surface area contributed by atoms with E-state index >= 15 is 0 Å². The minimum atomic E-state index is -0.357. The van der Waals surface area contributed by atoms with Gasteiger partial charge in [0.05, 0.1) is 16.8 Å². The van der Waals surface area contributed by atoms with E-state index in [4.69, 9.17) is 0 Å². The van der Waals surface area contributed by atoms with Crippen molar-refractivity contribution >= 4 is 23.4 Å². The molecule has 3 rings (SSSR count). The standard InChI is InChI=1S/C14H14N2O3/c1-16-13(18)9-6-3-7-10(11(9)14(16)19)15-12(17)8-4-2-5-8/h3,6-8H,2,4-5H2,1H3,(H,15,17). The first kappa shape index (κ1) is 11.9. The van der Waals surface area contributed by atoms with Crippen LogP contribution in [0.3, 0.4) is 0 Å². The average Bonchev–Trinajstić information content (AvgIpc) is 2.53. The lowest BCUT2D eigenvalue weighted by atomic mass is 9.84. The number of rotatable bonds is 2. The molecule has 0 bridgehead atoms. The van der Waals surface area contributed by atoms with Gasteiger partial charge in [0.15, 0.2) is 0 Å². The molecule has 1 aromatic rings. The van der Waals surface area contributed by atoms with Crippen LogP contribution in [0.4, 0.5) is 5.69 Å². The van der Waals surface area contributed by atoms with E-state index in [0.717, 1.165) is 24.2 Å². The largest absolute Gasteiger partial charge is 0.325 e. The molecule has 19 heavy (non-hydrogen) atoms. The molecule has 0 aromatic heterocycles. The zero-order valence-corrected chi connectivity index (χ0v) is 10.6. The third kappa shape index (κ3) is 1.73. The van der Waals surface area contributed by atoms with E-state index < -0.39 is 0 Å². The van der Waals surface area contributed by atoms with Gasteiger partial charge in [0.25, 0.3) is 11.8 Å². The van der Waals surface area contributed by atoms with Crippen LogP contribution in [0.1, 0.15) is 40.0 Å². The molecule has 2 aliphatic rings. The van der Waals surface area contributed by atoms with Gasteiger partial charge in [-0.1, -0.05) is 12.5 Å². The predicted octanol–water partition coefficient (Wildman–Crippen LogP) is 1.65. The van der Waals surface area contributed by atoms with Crippen LogP contribution in [0, 0.1) is 5.92 Å². The molecule has 0 spiro atoms. The Morgan fingerprint density at radius 2 is 2.00 bits per heavy atom. The summed E-state index contributed by atoms with van der Waals surface area (Å²) < 4.78 is 0. The van der Waals surface area contributed by atoms with E-state index in [1.807, 2.05) is 0 Å². The van der Waals surface area contributed by atoms with Gasteiger partial charge in [0.2, 0.25) is 5.91 Å². The van der Waals surface area contributed by atoms with Gasteiger partial charge in [-0.15, -0.1) is 0 Å². The van der Waals surface area contributed by atoms with Crippen molar-refractivity contribution in [3.63, 3.8) is 0 Å². The van der Waals surface area contributed by atoms with Crippen molar-refractivity contribution in [2.24, 2.45) is 5.92 Å². The highest BCUT2D eigenvalue weighted by atomic mass is 16.2. The molecule has 98 valence electrons. The molecule has 0 radical (unpaired) electrons. The number of benzene rings is 1. The molecule has 1 aliphatic heterocycles. The SMILES string of the molecule is CN1C(=O)c2cccc(NC(=O)C3CCC3)c2C1=O. The summed E-state index contributed by atoms with van der Waals surface area (Å²) >= 11 is 0. The van der Waals surface area contributed by atoms with Crippen molar-refractivity contribution in [1.82, 2.24) is 4.90 Å². The van der Waals surface area contributed by atoms with Crippen LogP contribution >= 0.6 is 0 Å². The Hall–Kier alpha value is -2.17. The number of nitrogens with zero attached hydrogens (tertiary/aromatic N) is 1. The Morgan fingerprint density at radius 3 is 2.63 bits per heavy atom. The second kappa shape index (κ2) is 4.19. The lowest BCUT2D eigenvalue weighted by Gasteiger charge is -2.24. The van der Waals surface area contributed by atoms with Crippen LogP contribution in [0.25, 0.3) is 0 Å². The topological polar surface area (TPSA) is 66.5 Å². The monoisotopic (exact) mass is 258 g/mol. The summed E-state index contributed by atoms with van der Waals surface area (Å²) in [5.74, 6) is -0.695. The fraction of sp³-hybridized carbons (Fsp3) is 0.357. The maximum absolute atomic E-state index is 12.0. The maximum Gasteiger partial charge on any atom is 0.263 e. The summed E-state index contributed by atoms with van der Waals surface area (Å²) in [4.78, 5) is 36.9. The molecule has 1 N–H and O–H groups in total. The number of hydrogen-bond donors (Lipinski definition) is 1. The number of fused-ring (bicyclic) bond motifs is 1. The van der Waals surface area contributed by atoms with E-state index in [2.05, 4.69) is 5.32 Å². The molecular weight excluding hydrogens is 244 g/mol. The molecule has 0 unspecified atom stereocenters. The van der Waals surface area contributed by atoms with Crippen LogP contribution in [0.15, 0.2) is 18.2 Å². The summed E-state index contributed by atoms with van der Waals surface area (Å²) in [7, 11) is 1.45. The van der Waals surface area contributed by atoms with Crippen molar-refractivity contribution in [3.8, 4) is 0 Å². The Morgan fingerprint density at radius 1 is 1.26 bits per heavy atom. The molecule has 3 amide bonds. The minimum absolute atomic E-state index is 0.0424. The zero-order chi connectivity index (χ0) is 13.6. The molecule has 1 fully saturated rings. The Bertz CT molecular complexity index is 590. The van der Waals surface area contributed by atoms with E-state index in [1.54, 1.807) is 18.2 Å². The summed E-state index contributed by atoms with van der Waals surface area (Å²) in [6.45, 7) is 0. The number of carbonyl (C=O) groups is 3. The highest BCUT2D eigenvalue weighted by Crippen LogP contribution is 2.31. The fourth-order valence-corrected chi connectivity index (χ4v) is 2.41. The van der Waals surface area contributed by atoms with Crippen LogP contribution in [0.2, 0.25) is 0 Å². The number of nitrogens with one attached hydrogen (secondary N) is 1. The van der Waals surface area contributed by atoms with Gasteiger partial charge in [0.1, 0.15) is 0 Å². The van der Waals surface area contributed by atoms with E-state index in [0.29, 0.717) is 16.8 Å². The van der Waals surface area contributed by atoms with E-state index in [1.165, 1.54) is 7.05 Å². The second-order valence-electron chi connectivity index (χ2n) is 5.01. The number of amides is 3. The molecule has 1 heterocycles. The van der Waals surface area contributed by atoms with E-state index in [9.17, 15) is 14.4 Å². The van der Waals surface area contributed by atoms with E-state index in [-0.39, 0.29) is 23.6 Å². The number of imide groups is 1. The fourth-order valence-electron chi connectivity index (χ4n) is 2.41. The highest BCUT2D eigenvalue weighted by molar-refractivity contribution is 6.24. The lowest BCUT2D eigenvalue weighted by Crippen LogP contribution is -2.29. The normalized spacial score (nSPS) is 18.3. The number of hydrogen-bond acceptors (Lipinski definition) is 3. The molecular formula is C14H14N2O3. The van der Waals surface area contributed by atoms with Crippen LogP contribution in [-0.2, 0) is 4.79 Å². The average molecular weight is 258 g/mol. The van der Waals surface area contributed by atoms with Gasteiger partial charge in [-0.3, -0.25) is 19.3 Å². The van der Waals surface area contributed by atoms with Crippen LogP contribution < -0.4 is 5.32 Å². The van der Waals surface area contributed by atoms with Crippen molar-refractivity contribution in [1.29, 1.82) is 0 Å². The summed E-state index contributed by atoms with van der Waals surface area (Å²) in [5, 5.41) is 2.78. The van der Waals surface area contributed by atoms with Gasteiger partial charge < -0.3 is 5.32 Å². The highest BCUT2D eigenvalue weighted by Gasteiger charge is 2.35. The molecule has 5 nitrogen and oxygen atoms in total. The predicted molar refractivity (Wildman–Crippen MR) is 68.8 cm³/mol. The maximum atomic E-state index is 12.0. The number of carbonyl (C=O) groups excluding carboxylic acids is 3. The zero-order valence-electron chi connectivity index (χ0n) is 10.6. The summed E-state index contributed by atoms with van der Waals surface area (Å²) in [6.07, 6.45) is 2.87. The molecule has 1 saturated carbocycles. The Kier molecular flexibility index (Phi) is 2.62. The number of anilines is 1. The quantitative estimate of drug-likeness (QED) is 0.820. The first-order valence-electron chi connectivity index (χ1n) is 6.36. The van der Waals surface area contributed by atoms with Crippen LogP contribution in [0.5, 0.6) is 0 Å². The Labute approximate surface area is 110 Å². The molecule has 1 aliphatic carbocycles. The Balaban J connectivity index is 1.94. The van der Waals surface area contributed by atoms with Crippen molar-refractivity contribution < 1.29 is 14.4 Å². The first-order chi connectivity index (χ1) is 9.09. The third-order valence-electron chi connectivity index (χ3n) is 3.85.